The third-order valence-electron chi connectivity index (χ3n) is 4.22. The Bertz CT molecular complexity index is 900. The van der Waals surface area contributed by atoms with Gasteiger partial charge in [-0.05, 0) is 22.6 Å². The minimum atomic E-state index is -4.76. The Kier molecular flexibility index (Phi) is 6.40. The van der Waals surface area contributed by atoms with Gasteiger partial charge in [0.25, 0.3) is 0 Å². The number of ether oxygens (including phenoxy) is 2. The number of hydrogen-bond donors (Lipinski definition) is 1. The maximum Gasteiger partial charge on any atom is 0.573 e. The topological polar surface area (TPSA) is 112 Å². The lowest BCUT2D eigenvalue weighted by Gasteiger charge is -2.23. The van der Waals surface area contributed by atoms with E-state index in [-0.39, 0.29) is 43.2 Å². The third kappa shape index (κ3) is 6.07. The molecule has 0 spiro atoms. The first kappa shape index (κ1) is 21.4. The van der Waals surface area contributed by atoms with Crippen molar-refractivity contribution in [2.45, 2.75) is 19.5 Å². The number of benzene rings is 1. The van der Waals surface area contributed by atoms with Crippen molar-refractivity contribution >= 4 is 11.7 Å². The number of alkyl halides is 3. The van der Waals surface area contributed by atoms with Gasteiger partial charge in [0.2, 0.25) is 5.91 Å². The lowest BCUT2D eigenvalue weighted by Crippen LogP contribution is -2.41. The van der Waals surface area contributed by atoms with Gasteiger partial charge in [0.1, 0.15) is 18.6 Å². The summed E-state index contributed by atoms with van der Waals surface area (Å²) in [5.41, 5.74) is 0.615. The number of aromatic nitrogens is 2. The first-order valence-electron chi connectivity index (χ1n) is 8.88. The fraction of sp³-hybridized carbons (Fsp3) is 0.412. The van der Waals surface area contributed by atoms with Crippen LogP contribution in [0.1, 0.15) is 5.56 Å². The molecule has 0 unspecified atom stereocenters. The van der Waals surface area contributed by atoms with E-state index in [4.69, 9.17) is 4.74 Å². The van der Waals surface area contributed by atoms with Crippen molar-refractivity contribution in [3.8, 4) is 11.8 Å². The Morgan fingerprint density at radius 1 is 1.27 bits per heavy atom. The molecular formula is C17H18F3N5O5. The Labute approximate surface area is 168 Å². The largest absolute Gasteiger partial charge is 0.573 e. The van der Waals surface area contributed by atoms with Crippen molar-refractivity contribution in [3.63, 3.8) is 0 Å². The molecule has 0 aliphatic carbocycles. The highest BCUT2D eigenvalue weighted by Crippen LogP contribution is 2.22. The number of halogens is 3. The number of amides is 1. The molecule has 1 aromatic heterocycles. The molecule has 30 heavy (non-hydrogen) atoms. The molecule has 1 N–H and O–H groups in total. The van der Waals surface area contributed by atoms with Gasteiger partial charge in [-0.2, -0.15) is 0 Å². The Balaban J connectivity index is 1.47. The van der Waals surface area contributed by atoms with Gasteiger partial charge in [-0.3, -0.25) is 14.3 Å². The molecule has 3 rings (SSSR count). The fourth-order valence-electron chi connectivity index (χ4n) is 2.80. The van der Waals surface area contributed by atoms with Crippen molar-refractivity contribution < 1.29 is 32.4 Å². The molecule has 0 bridgehead atoms. The van der Waals surface area contributed by atoms with E-state index in [1.54, 1.807) is 0 Å². The fourth-order valence-corrected chi connectivity index (χ4v) is 2.80. The molecule has 1 aliphatic rings. The summed E-state index contributed by atoms with van der Waals surface area (Å²) < 4.78 is 47.2. The zero-order valence-corrected chi connectivity index (χ0v) is 15.6. The SMILES string of the molecule is O=C(CN1CCOc2nc([N+](=O)[O-])cn2CC1)NCc1ccc(OC(F)(F)F)cc1. The normalized spacial score (nSPS) is 14.8. The molecule has 13 heteroatoms. The minimum absolute atomic E-state index is 0.0742. The predicted octanol–water partition coefficient (Wildman–Crippen LogP) is 1.70. The molecule has 2 heterocycles. The van der Waals surface area contributed by atoms with Crippen LogP contribution in [0.25, 0.3) is 0 Å². The van der Waals surface area contributed by atoms with Gasteiger partial charge in [-0.1, -0.05) is 12.1 Å². The van der Waals surface area contributed by atoms with Crippen LogP contribution in [0.15, 0.2) is 30.5 Å². The standard InChI is InChI=1S/C17H18F3N5O5/c18-17(19,20)30-13-3-1-12(2-4-13)9-21-15(26)11-23-5-6-24-10-14(25(27)28)22-16(24)29-8-7-23/h1-4,10H,5-9,11H2,(H,21,26). The number of nitro groups is 1. The number of nitrogens with one attached hydrogen (secondary N) is 1. The predicted molar refractivity (Wildman–Crippen MR) is 95.8 cm³/mol. The van der Waals surface area contributed by atoms with E-state index in [1.807, 2.05) is 4.90 Å². The van der Waals surface area contributed by atoms with E-state index in [0.717, 1.165) is 0 Å². The van der Waals surface area contributed by atoms with Crippen LogP contribution in [0.3, 0.4) is 0 Å². The third-order valence-corrected chi connectivity index (χ3v) is 4.22. The van der Waals surface area contributed by atoms with E-state index in [9.17, 15) is 28.1 Å². The number of fused-ring (bicyclic) bond motifs is 1. The summed E-state index contributed by atoms with van der Waals surface area (Å²) in [5.74, 6) is -0.914. The van der Waals surface area contributed by atoms with Gasteiger partial charge in [0.05, 0.1) is 6.54 Å². The van der Waals surface area contributed by atoms with E-state index in [0.29, 0.717) is 25.2 Å². The quantitative estimate of drug-likeness (QED) is 0.550. The van der Waals surface area contributed by atoms with Gasteiger partial charge in [0.15, 0.2) is 0 Å². The average Bonchev–Trinajstić information content (AvgIpc) is 3.05. The molecular weight excluding hydrogens is 411 g/mol. The minimum Gasteiger partial charge on any atom is -0.444 e. The Hall–Kier alpha value is -3.35. The maximum atomic E-state index is 12.2. The summed E-state index contributed by atoms with van der Waals surface area (Å²) in [6.07, 6.45) is -3.47. The van der Waals surface area contributed by atoms with Gasteiger partial charge in [0, 0.05) is 31.2 Å². The molecule has 1 amide bonds. The van der Waals surface area contributed by atoms with E-state index in [2.05, 4.69) is 15.0 Å². The van der Waals surface area contributed by atoms with Crippen molar-refractivity contribution in [3.05, 3.63) is 46.1 Å². The Morgan fingerprint density at radius 2 is 2.00 bits per heavy atom. The molecule has 1 aromatic carbocycles. The van der Waals surface area contributed by atoms with Gasteiger partial charge in [-0.25, -0.2) is 0 Å². The summed E-state index contributed by atoms with van der Waals surface area (Å²) in [5, 5.41) is 13.5. The number of rotatable bonds is 6. The van der Waals surface area contributed by atoms with Crippen LogP contribution in [-0.4, -0.2) is 57.9 Å². The summed E-state index contributed by atoms with van der Waals surface area (Å²) >= 11 is 0. The van der Waals surface area contributed by atoms with Crippen LogP contribution >= 0.6 is 0 Å². The Morgan fingerprint density at radius 3 is 2.67 bits per heavy atom. The molecule has 0 radical (unpaired) electrons. The van der Waals surface area contributed by atoms with Crippen LogP contribution in [0, 0.1) is 10.1 Å². The second-order valence-electron chi connectivity index (χ2n) is 6.43. The molecule has 2 aromatic rings. The highest BCUT2D eigenvalue weighted by molar-refractivity contribution is 5.78. The van der Waals surface area contributed by atoms with Crippen LogP contribution < -0.4 is 14.8 Å². The molecule has 10 nitrogen and oxygen atoms in total. The van der Waals surface area contributed by atoms with Gasteiger partial charge >= 0.3 is 18.2 Å². The number of imidazole rings is 1. The zero-order chi connectivity index (χ0) is 21.7. The molecule has 0 saturated heterocycles. The van der Waals surface area contributed by atoms with Gasteiger partial charge in [-0.15, -0.1) is 13.2 Å². The lowest BCUT2D eigenvalue weighted by atomic mass is 10.2. The van der Waals surface area contributed by atoms with Crippen LogP contribution in [0.2, 0.25) is 0 Å². The highest BCUT2D eigenvalue weighted by atomic mass is 19.4. The smallest absolute Gasteiger partial charge is 0.444 e. The van der Waals surface area contributed by atoms with Crippen LogP contribution in [-0.2, 0) is 17.9 Å². The molecule has 0 saturated carbocycles. The first-order chi connectivity index (χ1) is 14.2. The number of hydrogen-bond acceptors (Lipinski definition) is 7. The summed E-state index contributed by atoms with van der Waals surface area (Å²) in [6, 6.07) is 5.38. The van der Waals surface area contributed by atoms with E-state index in [1.165, 1.54) is 35.0 Å². The molecule has 0 fully saturated rings. The van der Waals surface area contributed by atoms with E-state index >= 15 is 0 Å². The molecule has 162 valence electrons. The van der Waals surface area contributed by atoms with Gasteiger partial charge < -0.3 is 24.9 Å². The summed E-state index contributed by atoms with van der Waals surface area (Å²) in [6.45, 7) is 1.68. The number of nitrogens with zero attached hydrogens (tertiary/aromatic N) is 4. The zero-order valence-electron chi connectivity index (χ0n) is 15.6. The maximum absolute atomic E-state index is 12.2. The van der Waals surface area contributed by atoms with Crippen molar-refractivity contribution in [2.24, 2.45) is 0 Å². The lowest BCUT2D eigenvalue weighted by molar-refractivity contribution is -0.389. The highest BCUT2D eigenvalue weighted by Gasteiger charge is 2.31. The van der Waals surface area contributed by atoms with Crippen molar-refractivity contribution in [2.75, 3.05) is 26.2 Å². The summed E-state index contributed by atoms with van der Waals surface area (Å²) in [4.78, 5) is 28.0. The number of carbonyl (C=O) groups excluding carboxylic acids is 1. The molecule has 0 atom stereocenters. The number of carbonyl (C=O) groups is 1. The van der Waals surface area contributed by atoms with Crippen LogP contribution in [0.4, 0.5) is 19.0 Å². The summed E-state index contributed by atoms with van der Waals surface area (Å²) in [7, 11) is 0. The second-order valence-corrected chi connectivity index (χ2v) is 6.43. The second kappa shape index (κ2) is 8.98. The first-order valence-corrected chi connectivity index (χ1v) is 8.88. The van der Waals surface area contributed by atoms with Crippen molar-refractivity contribution in [1.29, 1.82) is 0 Å². The monoisotopic (exact) mass is 429 g/mol. The molecule has 1 aliphatic heterocycles. The van der Waals surface area contributed by atoms with E-state index < -0.39 is 11.3 Å². The van der Waals surface area contributed by atoms with Crippen LogP contribution in [0.5, 0.6) is 11.8 Å². The average molecular weight is 429 g/mol. The van der Waals surface area contributed by atoms with Crippen molar-refractivity contribution in [1.82, 2.24) is 19.8 Å².